The van der Waals surface area contributed by atoms with Crippen molar-refractivity contribution in [3.63, 3.8) is 0 Å². The van der Waals surface area contributed by atoms with Crippen LogP contribution in [0.3, 0.4) is 0 Å². The molecule has 22 heavy (non-hydrogen) atoms. The molecule has 1 heterocycles. The topological polar surface area (TPSA) is 48.0 Å². The number of rotatable bonds is 2. The number of benzene rings is 2. The zero-order valence-corrected chi connectivity index (χ0v) is 11.3. The van der Waals surface area contributed by atoms with Gasteiger partial charge in [-0.2, -0.15) is 13.2 Å². The summed E-state index contributed by atoms with van der Waals surface area (Å²) < 4.78 is 41.1. The number of fused-ring (bicyclic) bond motifs is 1. The van der Waals surface area contributed by atoms with E-state index in [1.54, 1.807) is 36.5 Å². The number of aromatic nitrogens is 1. The Morgan fingerprint density at radius 1 is 1.05 bits per heavy atom. The Kier molecular flexibility index (Phi) is 3.16. The third kappa shape index (κ3) is 2.32. The predicted molar refractivity (Wildman–Crippen MR) is 76.8 cm³/mol. The molecule has 0 radical (unpaired) electrons. The average Bonchev–Trinajstić information content (AvgIpc) is 2.89. The Hall–Kier alpha value is -2.76. The van der Waals surface area contributed by atoms with Crippen molar-refractivity contribution >= 4 is 16.8 Å². The summed E-state index contributed by atoms with van der Waals surface area (Å²) in [6, 6.07) is 11.9. The smallest absolute Gasteiger partial charge is 0.366 e. The second kappa shape index (κ2) is 4.91. The van der Waals surface area contributed by atoms with Gasteiger partial charge in [-0.25, -0.2) is 0 Å². The van der Waals surface area contributed by atoms with Crippen LogP contribution in [0.2, 0.25) is 0 Å². The first-order valence-corrected chi connectivity index (χ1v) is 6.45. The van der Waals surface area contributed by atoms with E-state index in [0.29, 0.717) is 5.52 Å². The highest BCUT2D eigenvalue weighted by atomic mass is 19.4. The van der Waals surface area contributed by atoms with Gasteiger partial charge in [0.2, 0.25) is 5.91 Å². The molecule has 112 valence electrons. The zero-order chi connectivity index (χ0) is 15.9. The van der Waals surface area contributed by atoms with Crippen LogP contribution in [0.15, 0.2) is 54.7 Å². The molecule has 1 amide bonds. The van der Waals surface area contributed by atoms with Crippen molar-refractivity contribution in [1.82, 2.24) is 4.57 Å². The number of carbonyl (C=O) groups excluding carboxylic acids is 1. The van der Waals surface area contributed by atoms with Gasteiger partial charge in [0.15, 0.2) is 0 Å². The highest BCUT2D eigenvalue weighted by Gasteiger charge is 2.34. The molecule has 2 aromatic carbocycles. The van der Waals surface area contributed by atoms with Crippen molar-refractivity contribution in [2.24, 2.45) is 5.73 Å². The van der Waals surface area contributed by atoms with E-state index in [9.17, 15) is 18.0 Å². The van der Waals surface area contributed by atoms with Crippen molar-refractivity contribution in [2.45, 2.75) is 6.18 Å². The molecule has 3 nitrogen and oxygen atoms in total. The molecule has 0 bridgehead atoms. The van der Waals surface area contributed by atoms with Crippen molar-refractivity contribution in [3.05, 3.63) is 65.9 Å². The van der Waals surface area contributed by atoms with Crippen LogP contribution in [0.1, 0.15) is 15.9 Å². The van der Waals surface area contributed by atoms with Gasteiger partial charge in [-0.3, -0.25) is 4.79 Å². The summed E-state index contributed by atoms with van der Waals surface area (Å²) >= 11 is 0. The molecule has 0 fully saturated rings. The Morgan fingerprint density at radius 3 is 2.45 bits per heavy atom. The molecule has 0 aliphatic rings. The van der Waals surface area contributed by atoms with E-state index in [1.807, 2.05) is 0 Å². The first kappa shape index (κ1) is 14.2. The fourth-order valence-corrected chi connectivity index (χ4v) is 2.42. The molecule has 0 atom stereocenters. The average molecular weight is 304 g/mol. The van der Waals surface area contributed by atoms with E-state index < -0.39 is 17.6 Å². The van der Waals surface area contributed by atoms with Crippen LogP contribution in [0.25, 0.3) is 16.6 Å². The minimum absolute atomic E-state index is 0.0285. The van der Waals surface area contributed by atoms with E-state index in [1.165, 1.54) is 4.57 Å². The number of carbonyl (C=O) groups is 1. The summed E-state index contributed by atoms with van der Waals surface area (Å²) in [5.41, 5.74) is 4.89. The van der Waals surface area contributed by atoms with Crippen molar-refractivity contribution in [1.29, 1.82) is 0 Å². The molecule has 0 aliphatic carbocycles. The van der Waals surface area contributed by atoms with Gasteiger partial charge >= 0.3 is 6.18 Å². The van der Waals surface area contributed by atoms with Crippen LogP contribution in [0.4, 0.5) is 13.2 Å². The Labute approximate surface area is 123 Å². The largest absolute Gasteiger partial charge is 0.418 e. The number of primary amides is 1. The van der Waals surface area contributed by atoms with Gasteiger partial charge in [-0.1, -0.05) is 18.2 Å². The summed E-state index contributed by atoms with van der Waals surface area (Å²) in [6.45, 7) is 0. The predicted octanol–water partition coefficient (Wildman–Crippen LogP) is 3.75. The van der Waals surface area contributed by atoms with Crippen LogP contribution in [0, 0.1) is 0 Å². The van der Waals surface area contributed by atoms with Gasteiger partial charge < -0.3 is 10.3 Å². The maximum Gasteiger partial charge on any atom is 0.418 e. The van der Waals surface area contributed by atoms with Gasteiger partial charge in [-0.15, -0.1) is 0 Å². The molecule has 3 rings (SSSR count). The van der Waals surface area contributed by atoms with E-state index in [-0.39, 0.29) is 11.3 Å². The molecule has 0 saturated carbocycles. The number of hydrogen-bond acceptors (Lipinski definition) is 1. The Morgan fingerprint density at radius 2 is 1.77 bits per heavy atom. The standard InChI is InChI=1S/C16H11F3N2O/c17-16(18,19)12-6-5-11(15(20)22)9-14(12)21-8-7-10-3-1-2-4-13(10)21/h1-9H,(H2,20,22). The quantitative estimate of drug-likeness (QED) is 0.770. The normalized spacial score (nSPS) is 11.8. The number of amides is 1. The molecule has 0 aliphatic heterocycles. The molecule has 0 spiro atoms. The molecule has 6 heteroatoms. The van der Waals surface area contributed by atoms with Crippen LogP contribution in [-0.2, 0) is 6.18 Å². The lowest BCUT2D eigenvalue weighted by molar-refractivity contribution is -0.137. The van der Waals surface area contributed by atoms with E-state index >= 15 is 0 Å². The first-order chi connectivity index (χ1) is 10.4. The molecular weight excluding hydrogens is 293 g/mol. The molecule has 0 saturated heterocycles. The molecule has 0 unspecified atom stereocenters. The van der Waals surface area contributed by atoms with Gasteiger partial charge in [0, 0.05) is 11.8 Å². The number of nitrogens with zero attached hydrogens (tertiary/aromatic N) is 1. The number of halogens is 3. The summed E-state index contributed by atoms with van der Waals surface area (Å²) in [5.74, 6) is -0.772. The highest BCUT2D eigenvalue weighted by Crippen LogP contribution is 2.35. The monoisotopic (exact) mass is 304 g/mol. The minimum Gasteiger partial charge on any atom is -0.366 e. The second-order valence-corrected chi connectivity index (χ2v) is 4.84. The SMILES string of the molecule is NC(=O)c1ccc(C(F)(F)F)c(-n2ccc3ccccc32)c1. The Balaban J connectivity index is 2.32. The van der Waals surface area contributed by atoms with Gasteiger partial charge in [0.05, 0.1) is 16.8 Å². The lowest BCUT2D eigenvalue weighted by Crippen LogP contribution is -2.15. The van der Waals surface area contributed by atoms with Crippen LogP contribution in [-0.4, -0.2) is 10.5 Å². The molecule has 1 aromatic heterocycles. The first-order valence-electron chi connectivity index (χ1n) is 6.45. The molecule has 2 N–H and O–H groups in total. The van der Waals surface area contributed by atoms with Gasteiger partial charge in [-0.05, 0) is 35.7 Å². The minimum atomic E-state index is -4.53. The number of alkyl halides is 3. The third-order valence-electron chi connectivity index (χ3n) is 3.45. The van der Waals surface area contributed by atoms with Crippen LogP contribution in [0.5, 0.6) is 0 Å². The maximum absolute atomic E-state index is 13.2. The number of nitrogens with two attached hydrogens (primary N) is 1. The lowest BCUT2D eigenvalue weighted by atomic mass is 10.1. The number of hydrogen-bond donors (Lipinski definition) is 1. The van der Waals surface area contributed by atoms with Gasteiger partial charge in [0.25, 0.3) is 0 Å². The van der Waals surface area contributed by atoms with Crippen molar-refractivity contribution < 1.29 is 18.0 Å². The maximum atomic E-state index is 13.2. The van der Waals surface area contributed by atoms with Crippen molar-refractivity contribution in [3.8, 4) is 5.69 Å². The van der Waals surface area contributed by atoms with Crippen LogP contribution < -0.4 is 5.73 Å². The summed E-state index contributed by atoms with van der Waals surface area (Å²) in [5, 5.41) is 0.806. The molecule has 3 aromatic rings. The summed E-state index contributed by atoms with van der Waals surface area (Å²) in [6.07, 6.45) is -2.99. The Bertz CT molecular complexity index is 865. The number of para-hydroxylation sites is 1. The third-order valence-corrected chi connectivity index (χ3v) is 3.45. The fourth-order valence-electron chi connectivity index (χ4n) is 2.42. The second-order valence-electron chi connectivity index (χ2n) is 4.84. The zero-order valence-electron chi connectivity index (χ0n) is 11.3. The fraction of sp³-hybridized carbons (Fsp3) is 0.0625. The van der Waals surface area contributed by atoms with Crippen molar-refractivity contribution in [2.75, 3.05) is 0 Å². The molecular formula is C16H11F3N2O. The van der Waals surface area contributed by atoms with E-state index in [2.05, 4.69) is 0 Å². The van der Waals surface area contributed by atoms with Gasteiger partial charge in [0.1, 0.15) is 0 Å². The van der Waals surface area contributed by atoms with E-state index in [0.717, 1.165) is 23.6 Å². The van der Waals surface area contributed by atoms with Crippen LogP contribution >= 0.6 is 0 Å². The lowest BCUT2D eigenvalue weighted by Gasteiger charge is -2.15. The summed E-state index contributed by atoms with van der Waals surface area (Å²) in [7, 11) is 0. The summed E-state index contributed by atoms with van der Waals surface area (Å²) in [4.78, 5) is 11.3. The van der Waals surface area contributed by atoms with E-state index in [4.69, 9.17) is 5.73 Å². The highest BCUT2D eigenvalue weighted by molar-refractivity contribution is 5.94.